The van der Waals surface area contributed by atoms with E-state index in [9.17, 15) is 0 Å². The zero-order valence-electron chi connectivity index (χ0n) is 11.7. The van der Waals surface area contributed by atoms with Crippen LogP contribution < -0.4 is 5.73 Å². The van der Waals surface area contributed by atoms with Gasteiger partial charge < -0.3 is 15.0 Å². The van der Waals surface area contributed by atoms with E-state index >= 15 is 0 Å². The quantitative estimate of drug-likeness (QED) is 0.919. The molecule has 1 saturated heterocycles. The van der Waals surface area contributed by atoms with Gasteiger partial charge in [-0.25, -0.2) is 0 Å². The molecule has 0 bridgehead atoms. The molecule has 3 heteroatoms. The van der Waals surface area contributed by atoms with Crippen molar-refractivity contribution in [2.24, 2.45) is 5.73 Å². The molecule has 0 radical (unpaired) electrons. The van der Waals surface area contributed by atoms with Crippen molar-refractivity contribution in [1.29, 1.82) is 0 Å². The normalized spacial score (nSPS) is 22.2. The Kier molecular flexibility index (Phi) is 3.11. The summed E-state index contributed by atoms with van der Waals surface area (Å²) in [6.07, 6.45) is 4.78. The third-order valence-corrected chi connectivity index (χ3v) is 4.03. The van der Waals surface area contributed by atoms with E-state index in [0.29, 0.717) is 12.6 Å². The molecule has 0 spiro atoms. The highest BCUT2D eigenvalue weighted by molar-refractivity contribution is 5.80. The van der Waals surface area contributed by atoms with Crippen molar-refractivity contribution < 1.29 is 4.74 Å². The van der Waals surface area contributed by atoms with Gasteiger partial charge in [-0.05, 0) is 55.8 Å². The van der Waals surface area contributed by atoms with Crippen molar-refractivity contribution in [2.75, 3.05) is 0 Å². The van der Waals surface area contributed by atoms with Crippen LogP contribution in [-0.2, 0) is 17.8 Å². The second kappa shape index (κ2) is 4.66. The largest absolute Gasteiger partial charge is 0.370 e. The van der Waals surface area contributed by atoms with Gasteiger partial charge in [-0.2, -0.15) is 0 Å². The number of aromatic nitrogens is 1. The summed E-state index contributed by atoms with van der Waals surface area (Å²) in [5.41, 5.74) is 8.18. The molecule has 19 heavy (non-hydrogen) atoms. The number of nitrogens with two attached hydrogens (primary N) is 1. The smallest absolute Gasteiger partial charge is 0.0762 e. The third kappa shape index (κ3) is 2.53. The molecule has 2 heterocycles. The van der Waals surface area contributed by atoms with Crippen LogP contribution in [0.4, 0.5) is 0 Å². The Bertz CT molecular complexity index is 585. The monoisotopic (exact) mass is 258 g/mol. The summed E-state index contributed by atoms with van der Waals surface area (Å²) >= 11 is 0. The summed E-state index contributed by atoms with van der Waals surface area (Å²) in [6, 6.07) is 8.61. The number of hydrogen-bond donors (Lipinski definition) is 1. The SMILES string of the molecule is CC1(C)CCC(Cn2ccc3cc(CN)ccc32)O1. The molecular formula is C16H22N2O. The first-order valence-electron chi connectivity index (χ1n) is 7.03. The lowest BCUT2D eigenvalue weighted by molar-refractivity contribution is -0.0212. The Morgan fingerprint density at radius 1 is 1.37 bits per heavy atom. The number of hydrogen-bond acceptors (Lipinski definition) is 2. The van der Waals surface area contributed by atoms with E-state index in [2.05, 4.69) is 48.9 Å². The highest BCUT2D eigenvalue weighted by Gasteiger charge is 2.31. The minimum Gasteiger partial charge on any atom is -0.370 e. The predicted octanol–water partition coefficient (Wildman–Crippen LogP) is 3.06. The van der Waals surface area contributed by atoms with Gasteiger partial charge in [-0.1, -0.05) is 6.07 Å². The molecule has 1 atom stereocenters. The molecule has 2 N–H and O–H groups in total. The van der Waals surface area contributed by atoms with Gasteiger partial charge in [0, 0.05) is 24.8 Å². The molecule has 0 amide bonds. The summed E-state index contributed by atoms with van der Waals surface area (Å²) in [7, 11) is 0. The van der Waals surface area contributed by atoms with Gasteiger partial charge in [0.25, 0.3) is 0 Å². The first-order chi connectivity index (χ1) is 9.07. The van der Waals surface area contributed by atoms with Crippen LogP contribution in [0.3, 0.4) is 0 Å². The second-order valence-electron chi connectivity index (χ2n) is 6.10. The van der Waals surface area contributed by atoms with E-state index in [1.165, 1.54) is 16.5 Å². The van der Waals surface area contributed by atoms with Crippen LogP contribution >= 0.6 is 0 Å². The molecule has 1 aliphatic heterocycles. The number of fused-ring (bicyclic) bond motifs is 1. The van der Waals surface area contributed by atoms with Crippen molar-refractivity contribution in [3.8, 4) is 0 Å². The molecule has 3 nitrogen and oxygen atoms in total. The molecular weight excluding hydrogens is 236 g/mol. The third-order valence-electron chi connectivity index (χ3n) is 4.03. The maximum Gasteiger partial charge on any atom is 0.0762 e. The van der Waals surface area contributed by atoms with Gasteiger partial charge in [0.1, 0.15) is 0 Å². The Morgan fingerprint density at radius 3 is 2.89 bits per heavy atom. The van der Waals surface area contributed by atoms with Gasteiger partial charge >= 0.3 is 0 Å². The van der Waals surface area contributed by atoms with Crippen molar-refractivity contribution in [2.45, 2.75) is 51.5 Å². The Morgan fingerprint density at radius 2 is 2.21 bits per heavy atom. The Hall–Kier alpha value is -1.32. The van der Waals surface area contributed by atoms with E-state index < -0.39 is 0 Å². The predicted molar refractivity (Wildman–Crippen MR) is 78.0 cm³/mol. The van der Waals surface area contributed by atoms with Gasteiger partial charge in [-0.15, -0.1) is 0 Å². The van der Waals surface area contributed by atoms with Crippen LogP contribution in [0, 0.1) is 0 Å². The van der Waals surface area contributed by atoms with E-state index in [0.717, 1.165) is 19.4 Å². The minimum atomic E-state index is 0.0420. The van der Waals surface area contributed by atoms with Crippen molar-refractivity contribution >= 4 is 10.9 Å². The molecule has 1 fully saturated rings. The summed E-state index contributed by atoms with van der Waals surface area (Å²) in [6.45, 7) is 5.89. The highest BCUT2D eigenvalue weighted by Crippen LogP contribution is 2.31. The lowest BCUT2D eigenvalue weighted by Gasteiger charge is -2.20. The van der Waals surface area contributed by atoms with Crippen LogP contribution in [0.1, 0.15) is 32.3 Å². The van der Waals surface area contributed by atoms with Crippen LogP contribution in [0.5, 0.6) is 0 Å². The van der Waals surface area contributed by atoms with Crippen molar-refractivity contribution in [3.05, 3.63) is 36.0 Å². The fourth-order valence-corrected chi connectivity index (χ4v) is 2.96. The number of nitrogens with zero attached hydrogens (tertiary/aromatic N) is 1. The number of benzene rings is 1. The van der Waals surface area contributed by atoms with Crippen LogP contribution in [-0.4, -0.2) is 16.3 Å². The average molecular weight is 258 g/mol. The maximum atomic E-state index is 6.08. The molecule has 2 aromatic rings. The van der Waals surface area contributed by atoms with Crippen molar-refractivity contribution in [3.63, 3.8) is 0 Å². The average Bonchev–Trinajstić information content (AvgIpc) is 2.93. The van der Waals surface area contributed by atoms with Gasteiger partial charge in [0.2, 0.25) is 0 Å². The van der Waals surface area contributed by atoms with E-state index in [4.69, 9.17) is 10.5 Å². The summed E-state index contributed by atoms with van der Waals surface area (Å²) in [5, 5.41) is 1.26. The molecule has 102 valence electrons. The van der Waals surface area contributed by atoms with Gasteiger partial charge in [0.15, 0.2) is 0 Å². The zero-order valence-corrected chi connectivity index (χ0v) is 11.7. The molecule has 3 rings (SSSR count). The lowest BCUT2D eigenvalue weighted by atomic mass is 10.1. The fourth-order valence-electron chi connectivity index (χ4n) is 2.96. The minimum absolute atomic E-state index is 0.0420. The van der Waals surface area contributed by atoms with Crippen LogP contribution in [0.25, 0.3) is 10.9 Å². The molecule has 1 aromatic carbocycles. The Labute approximate surface area is 114 Å². The fraction of sp³-hybridized carbons (Fsp3) is 0.500. The van der Waals surface area contributed by atoms with Crippen molar-refractivity contribution in [1.82, 2.24) is 4.57 Å². The molecule has 1 unspecified atom stereocenters. The number of rotatable bonds is 3. The second-order valence-corrected chi connectivity index (χ2v) is 6.10. The molecule has 0 saturated carbocycles. The molecule has 0 aliphatic carbocycles. The standard InChI is InChI=1S/C16H22N2O/c1-16(2)7-5-14(19-16)11-18-8-6-13-9-12(10-17)3-4-15(13)18/h3-4,6,8-9,14H,5,7,10-11,17H2,1-2H3. The summed E-state index contributed by atoms with van der Waals surface area (Å²) < 4.78 is 8.37. The summed E-state index contributed by atoms with van der Waals surface area (Å²) in [4.78, 5) is 0. The lowest BCUT2D eigenvalue weighted by Crippen LogP contribution is -2.22. The van der Waals surface area contributed by atoms with Gasteiger partial charge in [-0.3, -0.25) is 0 Å². The number of ether oxygens (including phenoxy) is 1. The maximum absolute atomic E-state index is 6.08. The summed E-state index contributed by atoms with van der Waals surface area (Å²) in [5.74, 6) is 0. The first-order valence-corrected chi connectivity index (χ1v) is 7.03. The first kappa shape index (κ1) is 12.7. The molecule has 1 aromatic heterocycles. The van der Waals surface area contributed by atoms with Crippen LogP contribution in [0.15, 0.2) is 30.5 Å². The van der Waals surface area contributed by atoms with E-state index in [-0.39, 0.29) is 5.60 Å². The Balaban J connectivity index is 1.82. The van der Waals surface area contributed by atoms with Gasteiger partial charge in [0.05, 0.1) is 11.7 Å². The van der Waals surface area contributed by atoms with E-state index in [1.807, 2.05) is 0 Å². The zero-order chi connectivity index (χ0) is 13.5. The molecule has 1 aliphatic rings. The topological polar surface area (TPSA) is 40.2 Å². The van der Waals surface area contributed by atoms with E-state index in [1.54, 1.807) is 0 Å². The highest BCUT2D eigenvalue weighted by atomic mass is 16.5. The van der Waals surface area contributed by atoms with Crippen LogP contribution in [0.2, 0.25) is 0 Å².